The number of aromatic carboxylic acids is 1. The lowest BCUT2D eigenvalue weighted by molar-refractivity contribution is -0.137. The van der Waals surface area contributed by atoms with Gasteiger partial charge in [-0.25, -0.2) is 4.79 Å². The van der Waals surface area contributed by atoms with Gasteiger partial charge in [0.1, 0.15) is 5.76 Å². The number of nitrogens with zero attached hydrogens (tertiary/aromatic N) is 2. The Morgan fingerprint density at radius 1 is 1.08 bits per heavy atom. The molecule has 1 amide bonds. The number of amides is 1. The van der Waals surface area contributed by atoms with Gasteiger partial charge >= 0.3 is 12.1 Å². The number of carbonyl (C=O) groups excluding carboxylic acids is 1. The summed E-state index contributed by atoms with van der Waals surface area (Å²) in [5.41, 5.74) is 0.389. The molecular weight excluding hydrogens is 491 g/mol. The van der Waals surface area contributed by atoms with E-state index in [0.29, 0.717) is 28.0 Å². The van der Waals surface area contributed by atoms with Crippen LogP contribution in [0.15, 0.2) is 28.8 Å². The highest BCUT2D eigenvalue weighted by atomic mass is 19.4. The van der Waals surface area contributed by atoms with E-state index in [9.17, 15) is 27.9 Å². The number of alkyl halides is 3. The highest BCUT2D eigenvalue weighted by Gasteiger charge is 2.35. The number of benzene rings is 2. The number of aryl methyl sites for hydroxylation is 2. The summed E-state index contributed by atoms with van der Waals surface area (Å²) in [5, 5.41) is 14.4. The number of hydrogen-bond acceptors (Lipinski definition) is 5. The molecule has 0 radical (unpaired) electrons. The lowest BCUT2D eigenvalue weighted by Crippen LogP contribution is -2.48. The molecule has 37 heavy (non-hydrogen) atoms. The molecule has 0 aliphatic carbocycles. The van der Waals surface area contributed by atoms with E-state index in [4.69, 9.17) is 9.26 Å². The molecule has 0 bridgehead atoms. The number of aromatic amines is 1. The highest BCUT2D eigenvalue weighted by Crippen LogP contribution is 2.40. The van der Waals surface area contributed by atoms with E-state index >= 15 is 0 Å². The number of fused-ring (bicyclic) bond motifs is 3. The summed E-state index contributed by atoms with van der Waals surface area (Å²) in [6, 6.07) is 4.81. The summed E-state index contributed by atoms with van der Waals surface area (Å²) < 4.78 is 52.5. The number of aromatic nitrogens is 2. The van der Waals surface area contributed by atoms with E-state index < -0.39 is 23.6 Å². The molecule has 8 nitrogen and oxygen atoms in total. The Morgan fingerprint density at radius 3 is 2.32 bits per heavy atom. The van der Waals surface area contributed by atoms with E-state index in [1.165, 1.54) is 11.0 Å². The van der Waals surface area contributed by atoms with Gasteiger partial charge in [0, 0.05) is 34.9 Å². The molecule has 0 spiro atoms. The molecule has 4 aromatic rings. The molecule has 2 aromatic heterocycles. The number of carbonyl (C=O) groups is 2. The molecule has 194 valence electrons. The topological polar surface area (TPSA) is 109 Å². The minimum absolute atomic E-state index is 0.0148. The molecular formula is C26H24F3N3O5. The fraction of sp³-hybridized carbons (Fsp3) is 0.346. The summed E-state index contributed by atoms with van der Waals surface area (Å²) in [6.07, 6.45) is -5.30. The summed E-state index contributed by atoms with van der Waals surface area (Å²) in [7, 11) is 0. The van der Waals surface area contributed by atoms with E-state index in [1.54, 1.807) is 33.8 Å². The van der Waals surface area contributed by atoms with Gasteiger partial charge in [-0.1, -0.05) is 5.16 Å². The fourth-order valence-corrected chi connectivity index (χ4v) is 5.19. The number of ether oxygens (including phenoxy) is 1. The first-order valence-corrected chi connectivity index (χ1v) is 11.7. The third-order valence-electron chi connectivity index (χ3n) is 6.62. The first-order chi connectivity index (χ1) is 17.3. The van der Waals surface area contributed by atoms with Gasteiger partial charge in [-0.05, 0) is 57.5 Å². The van der Waals surface area contributed by atoms with Gasteiger partial charge in [0.15, 0.2) is 0 Å². The minimum atomic E-state index is -4.72. The maximum Gasteiger partial charge on any atom is 0.416 e. The summed E-state index contributed by atoms with van der Waals surface area (Å²) in [6.45, 7) is 7.40. The van der Waals surface area contributed by atoms with Crippen LogP contribution in [0.5, 0.6) is 0 Å². The number of H-pyrrole nitrogens is 1. The molecule has 0 saturated carbocycles. The van der Waals surface area contributed by atoms with Crippen molar-refractivity contribution in [1.82, 2.24) is 15.0 Å². The normalized spacial score (nSPS) is 18.6. The van der Waals surface area contributed by atoms with E-state index in [0.717, 1.165) is 12.1 Å². The van der Waals surface area contributed by atoms with Crippen LogP contribution in [-0.4, -0.2) is 57.3 Å². The zero-order valence-corrected chi connectivity index (χ0v) is 20.5. The molecule has 1 aliphatic heterocycles. The van der Waals surface area contributed by atoms with Gasteiger partial charge in [0.2, 0.25) is 0 Å². The van der Waals surface area contributed by atoms with Crippen LogP contribution in [0.4, 0.5) is 13.2 Å². The molecule has 2 atom stereocenters. The monoisotopic (exact) mass is 515 g/mol. The number of morpholine rings is 1. The summed E-state index contributed by atoms with van der Waals surface area (Å²) >= 11 is 0. The lowest BCUT2D eigenvalue weighted by Gasteiger charge is -2.35. The Morgan fingerprint density at radius 2 is 1.76 bits per heavy atom. The maximum atomic E-state index is 13.9. The molecule has 1 fully saturated rings. The quantitative estimate of drug-likeness (QED) is 0.370. The zero-order valence-electron chi connectivity index (χ0n) is 20.5. The third-order valence-corrected chi connectivity index (χ3v) is 6.62. The number of rotatable bonds is 3. The number of hydrogen-bond donors (Lipinski definition) is 2. The Labute approximate surface area is 209 Å². The van der Waals surface area contributed by atoms with Crippen molar-refractivity contribution < 1.29 is 37.1 Å². The summed E-state index contributed by atoms with van der Waals surface area (Å²) in [4.78, 5) is 30.3. The first kappa shape index (κ1) is 24.8. The van der Waals surface area contributed by atoms with Crippen LogP contribution < -0.4 is 0 Å². The second kappa shape index (κ2) is 8.62. The van der Waals surface area contributed by atoms with Gasteiger partial charge in [-0.2, -0.15) is 13.2 Å². The van der Waals surface area contributed by atoms with Crippen LogP contribution in [-0.2, 0) is 10.9 Å². The molecule has 1 saturated heterocycles. The second-order valence-corrected chi connectivity index (χ2v) is 9.49. The molecule has 2 aromatic carbocycles. The molecule has 2 unspecified atom stereocenters. The Kier molecular flexibility index (Phi) is 5.78. The van der Waals surface area contributed by atoms with Crippen molar-refractivity contribution >= 4 is 33.7 Å². The average Bonchev–Trinajstić information content (AvgIpc) is 3.34. The minimum Gasteiger partial charge on any atom is -0.478 e. The molecule has 1 aliphatic rings. The van der Waals surface area contributed by atoms with Crippen molar-refractivity contribution in [3.63, 3.8) is 0 Å². The van der Waals surface area contributed by atoms with Crippen LogP contribution in [0.2, 0.25) is 0 Å². The largest absolute Gasteiger partial charge is 0.478 e. The van der Waals surface area contributed by atoms with Crippen molar-refractivity contribution in [2.75, 3.05) is 13.1 Å². The Hall–Kier alpha value is -3.86. The van der Waals surface area contributed by atoms with Gasteiger partial charge in [-0.3, -0.25) is 4.79 Å². The van der Waals surface area contributed by atoms with E-state index in [-0.39, 0.29) is 52.8 Å². The molecule has 2 N–H and O–H groups in total. The predicted molar refractivity (Wildman–Crippen MR) is 129 cm³/mol. The van der Waals surface area contributed by atoms with Gasteiger partial charge < -0.3 is 24.3 Å². The fourth-order valence-electron chi connectivity index (χ4n) is 5.19. The van der Waals surface area contributed by atoms with Crippen LogP contribution in [0.25, 0.3) is 32.9 Å². The first-order valence-electron chi connectivity index (χ1n) is 11.7. The van der Waals surface area contributed by atoms with Crippen molar-refractivity contribution in [2.45, 2.75) is 46.1 Å². The Balaban J connectivity index is 1.84. The number of carboxylic acids is 1. The zero-order chi connectivity index (χ0) is 26.8. The SMILES string of the molecule is Cc1noc(C)c1-c1cc(C(=O)O)c2[nH]c3cc(C(F)(F)F)cc(C(=O)N4CC(C)OC(C)C4)c3c2c1. The molecule has 5 rings (SSSR count). The highest BCUT2D eigenvalue weighted by molar-refractivity contribution is 6.21. The van der Waals surface area contributed by atoms with E-state index in [1.807, 2.05) is 0 Å². The smallest absolute Gasteiger partial charge is 0.416 e. The second-order valence-electron chi connectivity index (χ2n) is 9.49. The van der Waals surface area contributed by atoms with Gasteiger partial charge in [-0.15, -0.1) is 0 Å². The van der Waals surface area contributed by atoms with Crippen LogP contribution in [0, 0.1) is 13.8 Å². The lowest BCUT2D eigenvalue weighted by atomic mass is 9.95. The van der Waals surface area contributed by atoms with Crippen molar-refractivity contribution in [3.05, 3.63) is 52.4 Å². The van der Waals surface area contributed by atoms with Crippen molar-refractivity contribution in [3.8, 4) is 11.1 Å². The van der Waals surface area contributed by atoms with E-state index in [2.05, 4.69) is 10.1 Å². The number of halogens is 3. The molecule has 11 heteroatoms. The third kappa shape index (κ3) is 4.22. The number of carboxylic acid groups (broad SMARTS) is 1. The van der Waals surface area contributed by atoms with Crippen LogP contribution in [0.1, 0.15) is 51.6 Å². The van der Waals surface area contributed by atoms with Crippen molar-refractivity contribution in [2.24, 2.45) is 0 Å². The maximum absolute atomic E-state index is 13.9. The van der Waals surface area contributed by atoms with Gasteiger partial charge in [0.05, 0.1) is 40.1 Å². The van der Waals surface area contributed by atoms with Gasteiger partial charge in [0.25, 0.3) is 5.91 Å². The predicted octanol–water partition coefficient (Wildman–Crippen LogP) is 5.56. The molecule has 3 heterocycles. The van der Waals surface area contributed by atoms with Crippen LogP contribution >= 0.6 is 0 Å². The summed E-state index contributed by atoms with van der Waals surface area (Å²) in [5.74, 6) is -1.40. The van der Waals surface area contributed by atoms with Crippen LogP contribution in [0.3, 0.4) is 0 Å². The van der Waals surface area contributed by atoms with Crippen molar-refractivity contribution in [1.29, 1.82) is 0 Å². The number of nitrogens with one attached hydrogen (secondary N) is 1. The average molecular weight is 515 g/mol. The Bertz CT molecular complexity index is 1540. The standard InChI is InChI=1S/C26H24F3N3O5/c1-11-9-32(10-12(2)36-11)24(33)18-7-16(26(27,28)29)8-20-22(18)17-5-15(21-13(3)31-37-14(21)4)6-19(25(34)35)23(17)30-20/h5-8,11-12,30H,9-10H2,1-4H3,(H,34,35).